The molecule has 1 aromatic carbocycles. The van der Waals surface area contributed by atoms with Gasteiger partial charge in [0.15, 0.2) is 5.13 Å². The van der Waals surface area contributed by atoms with Crippen molar-refractivity contribution < 1.29 is 14.7 Å². The second kappa shape index (κ2) is 6.83. The molecule has 136 valence electrons. The second-order valence-electron chi connectivity index (χ2n) is 6.87. The van der Waals surface area contributed by atoms with Crippen molar-refractivity contribution in [1.82, 2.24) is 4.98 Å². The maximum absolute atomic E-state index is 12.7. The van der Waals surface area contributed by atoms with E-state index in [-0.39, 0.29) is 17.7 Å². The summed E-state index contributed by atoms with van der Waals surface area (Å²) in [7, 11) is 0. The molecule has 4 unspecified atom stereocenters. The van der Waals surface area contributed by atoms with Gasteiger partial charge in [0.05, 0.1) is 22.6 Å². The molecule has 0 radical (unpaired) electrons. The molecule has 2 bridgehead atoms. The van der Waals surface area contributed by atoms with E-state index in [2.05, 4.69) is 10.3 Å². The first kappa shape index (κ1) is 17.8. The quantitative estimate of drug-likeness (QED) is 0.758. The molecule has 2 saturated carbocycles. The number of thiazole rings is 1. The van der Waals surface area contributed by atoms with Gasteiger partial charge in [-0.15, -0.1) is 11.3 Å². The summed E-state index contributed by atoms with van der Waals surface area (Å²) in [5.41, 5.74) is 1.38. The normalized spacial score (nSPS) is 26.8. The standard InChI is InChI=1S/C18H16Cl2N2O3S/c19-10-3-4-11(12(20)6-10)13-7-26-18(21-13)22-16(23)14-8-1-2-9(5-8)15(14)17(24)25/h3-4,6-9,14-15H,1-2,5H2,(H,24,25)(H,21,22,23). The van der Waals surface area contributed by atoms with Crippen LogP contribution in [-0.4, -0.2) is 22.0 Å². The first-order valence-corrected chi connectivity index (χ1v) is 10.0. The van der Waals surface area contributed by atoms with E-state index in [4.69, 9.17) is 23.2 Å². The molecule has 0 saturated heterocycles. The molecule has 1 heterocycles. The minimum Gasteiger partial charge on any atom is -0.481 e. The van der Waals surface area contributed by atoms with Crippen molar-refractivity contribution in [2.45, 2.75) is 19.3 Å². The molecule has 2 aliphatic carbocycles. The maximum Gasteiger partial charge on any atom is 0.307 e. The van der Waals surface area contributed by atoms with E-state index in [1.165, 1.54) is 11.3 Å². The molecule has 1 aromatic heterocycles. The van der Waals surface area contributed by atoms with Gasteiger partial charge in [-0.3, -0.25) is 9.59 Å². The van der Waals surface area contributed by atoms with Gasteiger partial charge in [0.1, 0.15) is 0 Å². The first-order chi connectivity index (χ1) is 12.4. The number of halogens is 2. The number of nitrogens with zero attached hydrogens (tertiary/aromatic N) is 1. The lowest BCUT2D eigenvalue weighted by Gasteiger charge is -2.26. The third kappa shape index (κ3) is 3.10. The summed E-state index contributed by atoms with van der Waals surface area (Å²) in [6, 6.07) is 5.15. The number of fused-ring (bicyclic) bond motifs is 2. The van der Waals surface area contributed by atoms with Crippen molar-refractivity contribution >= 4 is 51.5 Å². The number of carbonyl (C=O) groups is 2. The number of aromatic nitrogens is 1. The van der Waals surface area contributed by atoms with Gasteiger partial charge in [-0.1, -0.05) is 23.2 Å². The van der Waals surface area contributed by atoms with Gasteiger partial charge in [0.2, 0.25) is 5.91 Å². The number of aliphatic carboxylic acids is 1. The van der Waals surface area contributed by atoms with E-state index in [0.29, 0.717) is 20.9 Å². The number of carboxylic acid groups (broad SMARTS) is 1. The fourth-order valence-corrected chi connectivity index (χ4v) is 5.58. The highest BCUT2D eigenvalue weighted by Crippen LogP contribution is 2.52. The van der Waals surface area contributed by atoms with Crippen LogP contribution >= 0.6 is 34.5 Å². The van der Waals surface area contributed by atoms with E-state index < -0.39 is 17.8 Å². The molecule has 26 heavy (non-hydrogen) atoms. The van der Waals surface area contributed by atoms with Crippen LogP contribution in [0.5, 0.6) is 0 Å². The Kier molecular flexibility index (Phi) is 4.67. The van der Waals surface area contributed by atoms with Gasteiger partial charge in [-0.05, 0) is 49.3 Å². The van der Waals surface area contributed by atoms with Crippen molar-refractivity contribution in [3.8, 4) is 11.3 Å². The third-order valence-electron chi connectivity index (χ3n) is 5.45. The second-order valence-corrected chi connectivity index (χ2v) is 8.58. The highest BCUT2D eigenvalue weighted by Gasteiger charge is 2.54. The van der Waals surface area contributed by atoms with Crippen LogP contribution in [0.1, 0.15) is 19.3 Å². The molecule has 4 atom stereocenters. The number of nitrogens with one attached hydrogen (secondary N) is 1. The average Bonchev–Trinajstić information content (AvgIpc) is 3.29. The van der Waals surface area contributed by atoms with Crippen molar-refractivity contribution in [2.75, 3.05) is 5.32 Å². The zero-order valence-corrected chi connectivity index (χ0v) is 15.9. The lowest BCUT2D eigenvalue weighted by molar-refractivity contribution is -0.148. The number of anilines is 1. The molecule has 1 amide bonds. The summed E-state index contributed by atoms with van der Waals surface area (Å²) in [5, 5.41) is 15.6. The predicted molar refractivity (Wildman–Crippen MR) is 102 cm³/mol. The molecule has 2 N–H and O–H groups in total. The number of amides is 1. The average molecular weight is 411 g/mol. The van der Waals surface area contributed by atoms with E-state index in [9.17, 15) is 14.7 Å². The third-order valence-corrected chi connectivity index (χ3v) is 6.75. The number of carboxylic acids is 1. The lowest BCUT2D eigenvalue weighted by atomic mass is 9.79. The Morgan fingerprint density at radius 1 is 1.19 bits per heavy atom. The van der Waals surface area contributed by atoms with E-state index in [1.54, 1.807) is 23.6 Å². The Labute approximate surface area is 164 Å². The Morgan fingerprint density at radius 2 is 1.92 bits per heavy atom. The first-order valence-electron chi connectivity index (χ1n) is 8.38. The van der Waals surface area contributed by atoms with Crippen LogP contribution in [0, 0.1) is 23.7 Å². The Morgan fingerprint density at radius 3 is 2.62 bits per heavy atom. The molecule has 5 nitrogen and oxygen atoms in total. The summed E-state index contributed by atoms with van der Waals surface area (Å²) >= 11 is 13.4. The highest BCUT2D eigenvalue weighted by molar-refractivity contribution is 7.14. The zero-order valence-electron chi connectivity index (χ0n) is 13.6. The molecular formula is C18H16Cl2N2O3S. The van der Waals surface area contributed by atoms with Crippen molar-refractivity contribution in [3.05, 3.63) is 33.6 Å². The van der Waals surface area contributed by atoms with Gasteiger partial charge in [-0.2, -0.15) is 0 Å². The van der Waals surface area contributed by atoms with Crippen LogP contribution in [-0.2, 0) is 9.59 Å². The minimum absolute atomic E-state index is 0.118. The van der Waals surface area contributed by atoms with E-state index in [0.717, 1.165) is 24.8 Å². The van der Waals surface area contributed by atoms with Crippen molar-refractivity contribution in [3.63, 3.8) is 0 Å². The Hall–Kier alpha value is -1.63. The molecule has 2 fully saturated rings. The Balaban J connectivity index is 1.52. The lowest BCUT2D eigenvalue weighted by Crippen LogP contribution is -2.37. The molecule has 0 aliphatic heterocycles. The fraction of sp³-hybridized carbons (Fsp3) is 0.389. The van der Waals surface area contributed by atoms with Crippen LogP contribution in [0.25, 0.3) is 11.3 Å². The monoisotopic (exact) mass is 410 g/mol. The number of rotatable bonds is 4. The summed E-state index contributed by atoms with van der Waals surface area (Å²) in [5.74, 6) is -1.89. The summed E-state index contributed by atoms with van der Waals surface area (Å²) < 4.78 is 0. The SMILES string of the molecule is O=C(O)C1C2CCC(C2)C1C(=O)Nc1nc(-c2ccc(Cl)cc2Cl)cs1. The van der Waals surface area contributed by atoms with Crippen molar-refractivity contribution in [2.24, 2.45) is 23.7 Å². The molecular weight excluding hydrogens is 395 g/mol. The highest BCUT2D eigenvalue weighted by atomic mass is 35.5. The molecule has 2 aromatic rings. The van der Waals surface area contributed by atoms with E-state index in [1.807, 2.05) is 0 Å². The van der Waals surface area contributed by atoms with Crippen LogP contribution in [0.3, 0.4) is 0 Å². The summed E-state index contributed by atoms with van der Waals surface area (Å²) in [6.07, 6.45) is 2.66. The van der Waals surface area contributed by atoms with Crippen LogP contribution in [0.4, 0.5) is 5.13 Å². The largest absolute Gasteiger partial charge is 0.481 e. The molecule has 8 heteroatoms. The number of carbonyl (C=O) groups excluding carboxylic acids is 1. The van der Waals surface area contributed by atoms with Crippen LogP contribution in [0.2, 0.25) is 10.0 Å². The predicted octanol–water partition coefficient (Wildman–Crippen LogP) is 4.80. The summed E-state index contributed by atoms with van der Waals surface area (Å²) in [4.78, 5) is 28.7. The number of hydrogen-bond donors (Lipinski definition) is 2. The molecule has 0 spiro atoms. The molecule has 4 rings (SSSR count). The Bertz CT molecular complexity index is 885. The zero-order chi connectivity index (χ0) is 18.4. The smallest absolute Gasteiger partial charge is 0.307 e. The van der Waals surface area contributed by atoms with Gasteiger partial charge >= 0.3 is 5.97 Å². The van der Waals surface area contributed by atoms with Gasteiger partial charge in [-0.25, -0.2) is 4.98 Å². The maximum atomic E-state index is 12.7. The minimum atomic E-state index is -0.870. The van der Waals surface area contributed by atoms with Crippen LogP contribution in [0.15, 0.2) is 23.6 Å². The van der Waals surface area contributed by atoms with Gasteiger partial charge in [0.25, 0.3) is 0 Å². The van der Waals surface area contributed by atoms with E-state index >= 15 is 0 Å². The number of benzene rings is 1. The van der Waals surface area contributed by atoms with Gasteiger partial charge in [0, 0.05) is 16.0 Å². The summed E-state index contributed by atoms with van der Waals surface area (Å²) in [6.45, 7) is 0. The van der Waals surface area contributed by atoms with Crippen molar-refractivity contribution in [1.29, 1.82) is 0 Å². The topological polar surface area (TPSA) is 79.3 Å². The fourth-order valence-electron chi connectivity index (χ4n) is 4.36. The molecule has 2 aliphatic rings. The number of hydrogen-bond acceptors (Lipinski definition) is 4. The van der Waals surface area contributed by atoms with Crippen LogP contribution < -0.4 is 5.32 Å². The van der Waals surface area contributed by atoms with Gasteiger partial charge < -0.3 is 10.4 Å².